The molecule has 0 N–H and O–H groups in total. The summed E-state index contributed by atoms with van der Waals surface area (Å²) in [6.07, 6.45) is 1.15. The van der Waals surface area contributed by atoms with Crippen molar-refractivity contribution in [3.8, 4) is 23.0 Å². The predicted molar refractivity (Wildman–Crippen MR) is 68.6 cm³/mol. The van der Waals surface area contributed by atoms with E-state index < -0.39 is 4.92 Å². The van der Waals surface area contributed by atoms with E-state index in [4.69, 9.17) is 4.52 Å². The van der Waals surface area contributed by atoms with Crippen LogP contribution in [0.15, 0.2) is 41.1 Å². The smallest absolute Gasteiger partial charge is 0.320 e. The Morgan fingerprint density at radius 2 is 2.05 bits per heavy atom. The molecule has 2 aromatic heterocycles. The number of nitro groups is 1. The topological polar surface area (TPSA) is 99.9 Å². The molecular weight excluding hydrogens is 262 g/mol. The fourth-order valence-electron chi connectivity index (χ4n) is 1.83. The molecule has 0 atom stereocenters. The van der Waals surface area contributed by atoms with Gasteiger partial charge in [0.25, 0.3) is 5.89 Å². The lowest BCUT2D eigenvalue weighted by molar-refractivity contribution is -0.384. The second kappa shape index (κ2) is 4.57. The van der Waals surface area contributed by atoms with E-state index in [2.05, 4.69) is 15.2 Å². The molecule has 1 aromatic carbocycles. The van der Waals surface area contributed by atoms with Crippen molar-refractivity contribution >= 4 is 5.69 Å². The Hall–Kier alpha value is -3.03. The first-order valence-electron chi connectivity index (χ1n) is 5.72. The lowest BCUT2D eigenvalue weighted by Crippen LogP contribution is -1.96. The average molecular weight is 271 g/mol. The van der Waals surface area contributed by atoms with Gasteiger partial charge in [0.1, 0.15) is 6.20 Å². The molecule has 20 heavy (non-hydrogen) atoms. The van der Waals surface area contributed by atoms with Gasteiger partial charge in [0.2, 0.25) is 11.5 Å². The molecule has 3 rings (SSSR count). The molecule has 0 aliphatic carbocycles. The molecule has 0 saturated carbocycles. The second-order valence-corrected chi connectivity index (χ2v) is 4.05. The Morgan fingerprint density at radius 3 is 2.75 bits per heavy atom. The summed E-state index contributed by atoms with van der Waals surface area (Å²) in [6.45, 7) is 0. The zero-order chi connectivity index (χ0) is 14.1. The summed E-state index contributed by atoms with van der Waals surface area (Å²) in [5.41, 5.74) is 0.785. The van der Waals surface area contributed by atoms with Gasteiger partial charge in [-0.15, -0.1) is 0 Å². The van der Waals surface area contributed by atoms with E-state index in [9.17, 15) is 10.1 Å². The third-order valence-corrected chi connectivity index (χ3v) is 2.78. The Morgan fingerprint density at radius 1 is 1.30 bits per heavy atom. The minimum absolute atomic E-state index is 0.0653. The van der Waals surface area contributed by atoms with Gasteiger partial charge in [-0.2, -0.15) is 10.1 Å². The van der Waals surface area contributed by atoms with Crippen LogP contribution < -0.4 is 0 Å². The van der Waals surface area contributed by atoms with E-state index in [0.29, 0.717) is 5.82 Å². The number of nitrogens with zero attached hydrogens (tertiary/aromatic N) is 5. The molecule has 2 heterocycles. The van der Waals surface area contributed by atoms with Gasteiger partial charge in [0.05, 0.1) is 4.92 Å². The van der Waals surface area contributed by atoms with Gasteiger partial charge in [-0.05, 0) is 0 Å². The molecule has 0 spiro atoms. The first kappa shape index (κ1) is 12.0. The summed E-state index contributed by atoms with van der Waals surface area (Å²) < 4.78 is 6.44. The van der Waals surface area contributed by atoms with Crippen LogP contribution in [0.5, 0.6) is 0 Å². The molecule has 3 aromatic rings. The molecule has 100 valence electrons. The molecule has 8 heteroatoms. The maximum atomic E-state index is 10.9. The number of benzene rings is 1. The Kier molecular flexibility index (Phi) is 2.75. The van der Waals surface area contributed by atoms with Crippen molar-refractivity contribution in [3.05, 3.63) is 46.6 Å². The van der Waals surface area contributed by atoms with Crippen LogP contribution in [-0.2, 0) is 7.05 Å². The molecule has 8 nitrogen and oxygen atoms in total. The van der Waals surface area contributed by atoms with Gasteiger partial charge in [-0.25, -0.2) is 0 Å². The SMILES string of the molecule is Cn1ncc([N+](=O)[O-])c1-c1nc(-c2ccccc2)no1. The average Bonchev–Trinajstić information content (AvgIpc) is 3.06. The highest BCUT2D eigenvalue weighted by Gasteiger charge is 2.25. The molecule has 0 aliphatic rings. The standard InChI is InChI=1S/C12H9N5O3/c1-16-10(9(7-13-16)17(18)19)12-14-11(15-20-12)8-5-3-2-4-6-8/h2-7H,1H3. The van der Waals surface area contributed by atoms with Crippen LogP contribution in [0.3, 0.4) is 0 Å². The minimum atomic E-state index is -0.533. The molecule has 0 bridgehead atoms. The number of hydrogen-bond donors (Lipinski definition) is 0. The van der Waals surface area contributed by atoms with Crippen LogP contribution in [-0.4, -0.2) is 24.8 Å². The molecule has 0 amide bonds. The molecule has 0 aliphatic heterocycles. The summed E-state index contributed by atoms with van der Waals surface area (Å²) in [5, 5.41) is 18.6. The van der Waals surface area contributed by atoms with E-state index in [1.807, 2.05) is 30.3 Å². The first-order chi connectivity index (χ1) is 9.66. The molecule has 0 radical (unpaired) electrons. The van der Waals surface area contributed by atoms with Gasteiger partial charge in [0.15, 0.2) is 0 Å². The normalized spacial score (nSPS) is 10.7. The highest BCUT2D eigenvalue weighted by atomic mass is 16.6. The van der Waals surface area contributed by atoms with Crippen molar-refractivity contribution < 1.29 is 9.45 Å². The Balaban J connectivity index is 2.07. The number of hydrogen-bond acceptors (Lipinski definition) is 6. The van der Waals surface area contributed by atoms with Crippen molar-refractivity contribution in [2.24, 2.45) is 7.05 Å². The van der Waals surface area contributed by atoms with E-state index in [-0.39, 0.29) is 17.3 Å². The highest BCUT2D eigenvalue weighted by Crippen LogP contribution is 2.29. The van der Waals surface area contributed by atoms with Gasteiger partial charge in [0, 0.05) is 12.6 Å². The second-order valence-electron chi connectivity index (χ2n) is 4.05. The summed E-state index contributed by atoms with van der Waals surface area (Å²) >= 11 is 0. The predicted octanol–water partition coefficient (Wildman–Crippen LogP) is 2.05. The number of aryl methyl sites for hydroxylation is 1. The lowest BCUT2D eigenvalue weighted by Gasteiger charge is -1.94. The summed E-state index contributed by atoms with van der Waals surface area (Å²) in [5.74, 6) is 0.437. The van der Waals surface area contributed by atoms with Crippen molar-refractivity contribution in [1.82, 2.24) is 19.9 Å². The van der Waals surface area contributed by atoms with Gasteiger partial charge < -0.3 is 4.52 Å². The third kappa shape index (κ3) is 1.92. The van der Waals surface area contributed by atoms with E-state index in [1.54, 1.807) is 7.05 Å². The molecule has 0 unspecified atom stereocenters. The van der Waals surface area contributed by atoms with Crippen molar-refractivity contribution in [2.75, 3.05) is 0 Å². The number of rotatable bonds is 3. The van der Waals surface area contributed by atoms with Crippen LogP contribution in [0.2, 0.25) is 0 Å². The van der Waals surface area contributed by atoms with Crippen LogP contribution in [0, 0.1) is 10.1 Å². The number of aromatic nitrogens is 4. The first-order valence-corrected chi connectivity index (χ1v) is 5.72. The van der Waals surface area contributed by atoms with Gasteiger partial charge in [-0.1, -0.05) is 35.5 Å². The molecule has 0 saturated heterocycles. The Bertz CT molecular complexity index is 763. The van der Waals surface area contributed by atoms with E-state index in [1.165, 1.54) is 4.68 Å². The monoisotopic (exact) mass is 271 g/mol. The highest BCUT2D eigenvalue weighted by molar-refractivity contribution is 5.64. The maximum absolute atomic E-state index is 10.9. The van der Waals surface area contributed by atoms with Crippen LogP contribution in [0.1, 0.15) is 0 Å². The van der Waals surface area contributed by atoms with Gasteiger partial charge in [-0.3, -0.25) is 14.8 Å². The Labute approximate surface area is 112 Å². The van der Waals surface area contributed by atoms with Crippen LogP contribution >= 0.6 is 0 Å². The fraction of sp³-hybridized carbons (Fsp3) is 0.0833. The van der Waals surface area contributed by atoms with Crippen molar-refractivity contribution in [1.29, 1.82) is 0 Å². The van der Waals surface area contributed by atoms with Crippen LogP contribution in [0.4, 0.5) is 5.69 Å². The zero-order valence-electron chi connectivity index (χ0n) is 10.4. The largest absolute Gasteiger partial charge is 0.332 e. The quantitative estimate of drug-likeness (QED) is 0.533. The van der Waals surface area contributed by atoms with Crippen LogP contribution in [0.25, 0.3) is 23.0 Å². The van der Waals surface area contributed by atoms with E-state index >= 15 is 0 Å². The minimum Gasteiger partial charge on any atom is -0.332 e. The molecule has 0 fully saturated rings. The summed E-state index contributed by atoms with van der Waals surface area (Å²) in [6, 6.07) is 9.21. The third-order valence-electron chi connectivity index (χ3n) is 2.78. The van der Waals surface area contributed by atoms with Crippen molar-refractivity contribution in [2.45, 2.75) is 0 Å². The molecular formula is C12H9N5O3. The van der Waals surface area contributed by atoms with Crippen molar-refractivity contribution in [3.63, 3.8) is 0 Å². The summed E-state index contributed by atoms with van der Waals surface area (Å²) in [4.78, 5) is 14.6. The zero-order valence-corrected chi connectivity index (χ0v) is 10.4. The maximum Gasteiger partial charge on any atom is 0.320 e. The lowest BCUT2D eigenvalue weighted by atomic mass is 10.2. The summed E-state index contributed by atoms with van der Waals surface area (Å²) in [7, 11) is 1.58. The fourth-order valence-corrected chi connectivity index (χ4v) is 1.83. The van der Waals surface area contributed by atoms with E-state index in [0.717, 1.165) is 11.8 Å². The van der Waals surface area contributed by atoms with Gasteiger partial charge >= 0.3 is 5.69 Å².